The van der Waals surface area contributed by atoms with Gasteiger partial charge in [-0.15, -0.1) is 0 Å². The summed E-state index contributed by atoms with van der Waals surface area (Å²) in [6, 6.07) is 11.2. The molecule has 1 heteroatoms. The first-order chi connectivity index (χ1) is 7.36. The SMILES string of the molecule is N#CC1(c2ccccc2C2CC2)CCC1. The molecule has 2 saturated carbocycles. The number of benzene rings is 1. The van der Waals surface area contributed by atoms with Gasteiger partial charge in [0.05, 0.1) is 11.5 Å². The first-order valence-corrected chi connectivity index (χ1v) is 5.86. The van der Waals surface area contributed by atoms with E-state index in [1.54, 1.807) is 0 Å². The molecule has 3 rings (SSSR count). The molecule has 0 spiro atoms. The standard InChI is InChI=1S/C14H15N/c15-10-14(8-3-9-14)13-5-2-1-4-12(13)11-6-7-11/h1-2,4-5,11H,3,6-9H2. The van der Waals surface area contributed by atoms with Crippen molar-refractivity contribution in [2.24, 2.45) is 0 Å². The van der Waals surface area contributed by atoms with Gasteiger partial charge in [-0.25, -0.2) is 0 Å². The minimum absolute atomic E-state index is 0.126. The Balaban J connectivity index is 2.07. The van der Waals surface area contributed by atoms with Crippen LogP contribution in [0.15, 0.2) is 24.3 Å². The normalized spacial score (nSPS) is 22.9. The minimum Gasteiger partial charge on any atom is -0.197 e. The van der Waals surface area contributed by atoms with E-state index in [-0.39, 0.29) is 5.41 Å². The molecule has 0 aliphatic heterocycles. The Morgan fingerprint density at radius 2 is 1.93 bits per heavy atom. The van der Waals surface area contributed by atoms with Crippen molar-refractivity contribution in [2.75, 3.05) is 0 Å². The summed E-state index contributed by atoms with van der Waals surface area (Å²) in [5.41, 5.74) is 2.67. The molecule has 2 aliphatic carbocycles. The highest BCUT2D eigenvalue weighted by Crippen LogP contribution is 2.50. The van der Waals surface area contributed by atoms with E-state index >= 15 is 0 Å². The van der Waals surface area contributed by atoms with Crippen LogP contribution in [0.5, 0.6) is 0 Å². The summed E-state index contributed by atoms with van der Waals surface area (Å²) >= 11 is 0. The van der Waals surface area contributed by atoms with E-state index < -0.39 is 0 Å². The fourth-order valence-corrected chi connectivity index (χ4v) is 2.65. The van der Waals surface area contributed by atoms with E-state index in [0.717, 1.165) is 18.8 Å². The molecule has 0 radical (unpaired) electrons. The summed E-state index contributed by atoms with van der Waals surface area (Å²) in [5.74, 6) is 0.757. The summed E-state index contributed by atoms with van der Waals surface area (Å²) in [4.78, 5) is 0. The van der Waals surface area contributed by atoms with E-state index in [1.807, 2.05) is 0 Å². The molecule has 1 nitrogen and oxygen atoms in total. The third kappa shape index (κ3) is 1.28. The Kier molecular flexibility index (Phi) is 1.85. The quantitative estimate of drug-likeness (QED) is 0.711. The average molecular weight is 197 g/mol. The smallest absolute Gasteiger partial charge is 0.0825 e. The Bertz CT molecular complexity index is 419. The molecule has 76 valence electrons. The lowest BCUT2D eigenvalue weighted by molar-refractivity contribution is 0.322. The predicted molar refractivity (Wildman–Crippen MR) is 59.6 cm³/mol. The van der Waals surface area contributed by atoms with E-state index in [9.17, 15) is 5.26 Å². The van der Waals surface area contributed by atoms with Gasteiger partial charge in [-0.05, 0) is 49.1 Å². The summed E-state index contributed by atoms with van der Waals surface area (Å²) < 4.78 is 0. The fourth-order valence-electron chi connectivity index (χ4n) is 2.65. The van der Waals surface area contributed by atoms with Crippen LogP contribution in [0.4, 0.5) is 0 Å². The summed E-state index contributed by atoms with van der Waals surface area (Å²) in [7, 11) is 0. The second-order valence-corrected chi connectivity index (χ2v) is 4.91. The van der Waals surface area contributed by atoms with Crippen LogP contribution in [0, 0.1) is 11.3 Å². The predicted octanol–water partition coefficient (Wildman–Crippen LogP) is 3.51. The van der Waals surface area contributed by atoms with Gasteiger partial charge in [0, 0.05) is 0 Å². The van der Waals surface area contributed by atoms with Crippen LogP contribution in [0.3, 0.4) is 0 Å². The number of rotatable bonds is 2. The van der Waals surface area contributed by atoms with Crippen molar-refractivity contribution in [3.63, 3.8) is 0 Å². The highest BCUT2D eigenvalue weighted by Gasteiger charge is 2.42. The molecule has 2 fully saturated rings. The Morgan fingerprint density at radius 3 is 2.47 bits per heavy atom. The van der Waals surface area contributed by atoms with E-state index in [2.05, 4.69) is 30.3 Å². The Labute approximate surface area is 90.7 Å². The largest absolute Gasteiger partial charge is 0.197 e. The van der Waals surface area contributed by atoms with Crippen molar-refractivity contribution in [3.8, 4) is 6.07 Å². The highest BCUT2D eigenvalue weighted by molar-refractivity contribution is 5.44. The van der Waals surface area contributed by atoms with E-state index in [0.29, 0.717) is 0 Å². The second-order valence-electron chi connectivity index (χ2n) is 4.91. The third-order valence-electron chi connectivity index (χ3n) is 3.91. The summed E-state index contributed by atoms with van der Waals surface area (Å²) in [6.45, 7) is 0. The van der Waals surface area contributed by atoms with E-state index in [4.69, 9.17) is 0 Å². The van der Waals surface area contributed by atoms with Gasteiger partial charge in [-0.1, -0.05) is 24.3 Å². The van der Waals surface area contributed by atoms with Crippen molar-refractivity contribution >= 4 is 0 Å². The van der Waals surface area contributed by atoms with E-state index in [1.165, 1.54) is 30.4 Å². The summed E-state index contributed by atoms with van der Waals surface area (Å²) in [6.07, 6.45) is 5.98. The topological polar surface area (TPSA) is 23.8 Å². The van der Waals surface area contributed by atoms with Crippen molar-refractivity contribution in [1.82, 2.24) is 0 Å². The Hall–Kier alpha value is -1.29. The molecule has 2 aliphatic rings. The van der Waals surface area contributed by atoms with Gasteiger partial charge in [0.25, 0.3) is 0 Å². The van der Waals surface area contributed by atoms with Crippen LogP contribution < -0.4 is 0 Å². The van der Waals surface area contributed by atoms with Crippen LogP contribution in [-0.4, -0.2) is 0 Å². The maximum absolute atomic E-state index is 9.37. The maximum Gasteiger partial charge on any atom is 0.0825 e. The zero-order valence-corrected chi connectivity index (χ0v) is 8.87. The molecule has 15 heavy (non-hydrogen) atoms. The summed E-state index contributed by atoms with van der Waals surface area (Å²) in [5, 5.41) is 9.37. The number of nitriles is 1. The highest BCUT2D eigenvalue weighted by atomic mass is 14.5. The number of hydrogen-bond acceptors (Lipinski definition) is 1. The maximum atomic E-state index is 9.37. The van der Waals surface area contributed by atoms with Gasteiger partial charge in [0.2, 0.25) is 0 Å². The molecule has 0 N–H and O–H groups in total. The molecule has 0 bridgehead atoms. The minimum atomic E-state index is -0.126. The van der Waals surface area contributed by atoms with Crippen molar-refractivity contribution in [3.05, 3.63) is 35.4 Å². The first kappa shape index (κ1) is 8.97. The third-order valence-corrected chi connectivity index (χ3v) is 3.91. The van der Waals surface area contributed by atoms with Gasteiger partial charge < -0.3 is 0 Å². The lowest BCUT2D eigenvalue weighted by atomic mass is 9.64. The molecule has 0 heterocycles. The second kappa shape index (κ2) is 3.10. The van der Waals surface area contributed by atoms with Crippen LogP contribution >= 0.6 is 0 Å². The van der Waals surface area contributed by atoms with Crippen molar-refractivity contribution < 1.29 is 0 Å². The average Bonchev–Trinajstić information content (AvgIpc) is 3.01. The zero-order chi connectivity index (χ0) is 10.3. The molecule has 0 amide bonds. The van der Waals surface area contributed by atoms with Crippen LogP contribution in [0.1, 0.15) is 49.1 Å². The van der Waals surface area contributed by atoms with Crippen LogP contribution in [0.2, 0.25) is 0 Å². The lowest BCUT2D eigenvalue weighted by Crippen LogP contribution is -2.33. The van der Waals surface area contributed by atoms with Crippen molar-refractivity contribution in [2.45, 2.75) is 43.4 Å². The molecular weight excluding hydrogens is 182 g/mol. The molecule has 0 aromatic heterocycles. The molecule has 1 aromatic rings. The van der Waals surface area contributed by atoms with Crippen molar-refractivity contribution in [1.29, 1.82) is 5.26 Å². The number of nitrogens with zero attached hydrogens (tertiary/aromatic N) is 1. The molecule has 1 aromatic carbocycles. The molecule has 0 atom stereocenters. The van der Waals surface area contributed by atoms with Crippen LogP contribution in [-0.2, 0) is 5.41 Å². The first-order valence-electron chi connectivity index (χ1n) is 5.86. The van der Waals surface area contributed by atoms with Gasteiger partial charge in [-0.2, -0.15) is 5.26 Å². The monoisotopic (exact) mass is 197 g/mol. The van der Waals surface area contributed by atoms with Crippen LogP contribution in [0.25, 0.3) is 0 Å². The zero-order valence-electron chi connectivity index (χ0n) is 8.87. The van der Waals surface area contributed by atoms with Gasteiger partial charge in [-0.3, -0.25) is 0 Å². The van der Waals surface area contributed by atoms with Gasteiger partial charge in [0.1, 0.15) is 0 Å². The Morgan fingerprint density at radius 1 is 1.20 bits per heavy atom. The molecular formula is C14H15N. The lowest BCUT2D eigenvalue weighted by Gasteiger charge is -2.37. The molecule has 0 saturated heterocycles. The fraction of sp³-hybridized carbons (Fsp3) is 0.500. The van der Waals surface area contributed by atoms with Gasteiger partial charge >= 0.3 is 0 Å². The molecule has 0 unspecified atom stereocenters. The van der Waals surface area contributed by atoms with Gasteiger partial charge in [0.15, 0.2) is 0 Å². The number of hydrogen-bond donors (Lipinski definition) is 0.